The van der Waals surface area contributed by atoms with Gasteiger partial charge in [0, 0.05) is 21.1 Å². The van der Waals surface area contributed by atoms with E-state index in [0.717, 1.165) is 17.5 Å². The molecule has 5 rings (SSSR count). The van der Waals surface area contributed by atoms with Gasteiger partial charge in [-0.3, -0.25) is 0 Å². The average Bonchev–Trinajstić information content (AvgIpc) is 3.02. The molecule has 1 saturated carbocycles. The van der Waals surface area contributed by atoms with Gasteiger partial charge in [0.05, 0.1) is 12.8 Å². The molecule has 2 bridgehead atoms. The number of aliphatic carboxylic acids is 1. The van der Waals surface area contributed by atoms with Crippen LogP contribution in [0.3, 0.4) is 0 Å². The monoisotopic (exact) mass is 375 g/mol. The first-order valence-electron chi connectivity index (χ1n) is 10.8. The standard InChI is InChI=1S/C20H24N2O5/c1-22-8-7-20-12-4-5-13(21-26-10-16(23)24)19(20)27-18-15(25-2)6-3-11(17(18)20)9-14(12)22/h3,6,12,14,19H,4-5,7-10H2,1-2H3,(H,23,24)/b21-13+/t12-,14+,19?,20-/m0/s1/i1D3. The van der Waals surface area contributed by atoms with Crippen molar-refractivity contribution < 1.29 is 28.3 Å². The van der Waals surface area contributed by atoms with Crippen LogP contribution in [0.5, 0.6) is 11.5 Å². The molecule has 2 fully saturated rings. The van der Waals surface area contributed by atoms with Gasteiger partial charge in [0.1, 0.15) is 0 Å². The van der Waals surface area contributed by atoms with Crippen LogP contribution in [-0.2, 0) is 21.5 Å². The third-order valence-electron chi connectivity index (χ3n) is 6.70. The molecule has 1 saturated heterocycles. The van der Waals surface area contributed by atoms with Gasteiger partial charge in [-0.15, -0.1) is 0 Å². The lowest BCUT2D eigenvalue weighted by Crippen LogP contribution is -2.65. The highest BCUT2D eigenvalue weighted by atomic mass is 16.6. The summed E-state index contributed by atoms with van der Waals surface area (Å²) in [6.07, 6.45) is 2.21. The molecule has 4 atom stereocenters. The number of likely N-dealkylation sites (N-methyl/N-ethyl adjacent to an activating group) is 1. The van der Waals surface area contributed by atoms with Crippen molar-refractivity contribution >= 4 is 11.7 Å². The second kappa shape index (κ2) is 5.86. The maximum atomic E-state index is 10.8. The molecule has 1 unspecified atom stereocenters. The minimum atomic E-state index is -2.15. The molecule has 1 aromatic carbocycles. The Hall–Kier alpha value is -2.28. The minimum absolute atomic E-state index is 0.106. The summed E-state index contributed by atoms with van der Waals surface area (Å²) in [6, 6.07) is 3.78. The van der Waals surface area contributed by atoms with Crippen molar-refractivity contribution in [3.8, 4) is 11.5 Å². The Morgan fingerprint density at radius 1 is 1.56 bits per heavy atom. The summed E-state index contributed by atoms with van der Waals surface area (Å²) < 4.78 is 36.1. The largest absolute Gasteiger partial charge is 0.493 e. The van der Waals surface area contributed by atoms with Crippen LogP contribution in [0.25, 0.3) is 0 Å². The Morgan fingerprint density at radius 2 is 2.44 bits per heavy atom. The van der Waals surface area contributed by atoms with E-state index in [-0.39, 0.29) is 12.0 Å². The molecule has 1 aromatic rings. The van der Waals surface area contributed by atoms with Gasteiger partial charge in [-0.1, -0.05) is 11.2 Å². The Morgan fingerprint density at radius 3 is 3.22 bits per heavy atom. The lowest BCUT2D eigenvalue weighted by Gasteiger charge is -2.57. The van der Waals surface area contributed by atoms with Crippen molar-refractivity contribution in [1.82, 2.24) is 4.90 Å². The average molecular weight is 375 g/mol. The van der Waals surface area contributed by atoms with Gasteiger partial charge in [-0.05, 0) is 56.8 Å². The molecule has 2 aliphatic heterocycles. The zero-order valence-electron chi connectivity index (χ0n) is 18.1. The molecular formula is C20H24N2O5. The Kier molecular flexibility index (Phi) is 3.00. The van der Waals surface area contributed by atoms with Crippen molar-refractivity contribution in [1.29, 1.82) is 0 Å². The van der Waals surface area contributed by atoms with Crippen LogP contribution < -0.4 is 9.47 Å². The van der Waals surface area contributed by atoms with E-state index in [9.17, 15) is 4.79 Å². The van der Waals surface area contributed by atoms with Gasteiger partial charge in [0.15, 0.2) is 17.6 Å². The molecule has 1 spiro atoms. The van der Waals surface area contributed by atoms with Crippen LogP contribution in [0.1, 0.15) is 34.5 Å². The van der Waals surface area contributed by atoms with Gasteiger partial charge in [0.2, 0.25) is 6.61 Å². The zero-order chi connectivity index (χ0) is 21.3. The van der Waals surface area contributed by atoms with Crippen LogP contribution in [0.15, 0.2) is 17.3 Å². The van der Waals surface area contributed by atoms with Gasteiger partial charge in [0.25, 0.3) is 0 Å². The highest BCUT2D eigenvalue weighted by Crippen LogP contribution is 2.63. The molecule has 0 radical (unpaired) electrons. The number of carboxylic acid groups (broad SMARTS) is 1. The summed E-state index contributed by atoms with van der Waals surface area (Å²) in [7, 11) is 1.60. The molecule has 2 aliphatic carbocycles. The number of ether oxygens (including phenoxy) is 2. The highest BCUT2D eigenvalue weighted by Gasteiger charge is 2.65. The SMILES string of the molecule is [2H]C([2H])([2H])N1CC[C@]23c4c5ccc(OC)c4OC2/C(=N/OCC(=O)O)CC[C@H]3[C@H]1C5. The van der Waals surface area contributed by atoms with Gasteiger partial charge in [-0.25, -0.2) is 4.79 Å². The first-order chi connectivity index (χ1) is 14.3. The second-order valence-electron chi connectivity index (χ2n) is 7.78. The first kappa shape index (κ1) is 13.8. The number of methoxy groups -OCH3 is 1. The number of benzene rings is 1. The minimum Gasteiger partial charge on any atom is -0.493 e. The number of carboxylic acids is 1. The van der Waals surface area contributed by atoms with E-state index in [1.54, 1.807) is 12.0 Å². The number of rotatable bonds is 4. The predicted molar refractivity (Wildman–Crippen MR) is 97.6 cm³/mol. The fourth-order valence-corrected chi connectivity index (χ4v) is 5.76. The Balaban J connectivity index is 1.63. The molecular weight excluding hydrogens is 348 g/mol. The van der Waals surface area contributed by atoms with Crippen molar-refractivity contribution in [2.45, 2.75) is 43.2 Å². The molecule has 7 heteroatoms. The molecule has 4 aliphatic rings. The summed E-state index contributed by atoms with van der Waals surface area (Å²) in [4.78, 5) is 17.6. The molecule has 27 heavy (non-hydrogen) atoms. The van der Waals surface area contributed by atoms with Crippen LogP contribution in [0.2, 0.25) is 0 Å². The number of carbonyl (C=O) groups is 1. The summed E-state index contributed by atoms with van der Waals surface area (Å²) in [5, 5.41) is 13.0. The number of hydrogen-bond donors (Lipinski definition) is 1. The van der Waals surface area contributed by atoms with Gasteiger partial charge < -0.3 is 24.3 Å². The summed E-state index contributed by atoms with van der Waals surface area (Å²) in [5.74, 6) is 0.378. The number of hydrogen-bond acceptors (Lipinski definition) is 6. The maximum absolute atomic E-state index is 10.8. The van der Waals surface area contributed by atoms with Crippen molar-refractivity contribution in [2.24, 2.45) is 11.1 Å². The quantitative estimate of drug-likeness (QED) is 0.809. The molecule has 1 N–H and O–H groups in total. The molecule has 144 valence electrons. The number of oxime groups is 1. The van der Waals surface area contributed by atoms with E-state index < -0.39 is 31.1 Å². The van der Waals surface area contributed by atoms with E-state index in [0.29, 0.717) is 43.0 Å². The van der Waals surface area contributed by atoms with Crippen LogP contribution in [0, 0.1) is 5.92 Å². The first-order valence-corrected chi connectivity index (χ1v) is 9.31. The predicted octanol–water partition coefficient (Wildman–Crippen LogP) is 1.82. The topological polar surface area (TPSA) is 80.6 Å². The molecule has 0 amide bonds. The van der Waals surface area contributed by atoms with Crippen LogP contribution >= 0.6 is 0 Å². The fourth-order valence-electron chi connectivity index (χ4n) is 5.76. The van der Waals surface area contributed by atoms with Crippen molar-refractivity contribution in [2.75, 3.05) is 27.2 Å². The summed E-state index contributed by atoms with van der Waals surface area (Å²) in [5.41, 5.74) is 2.49. The smallest absolute Gasteiger partial charge is 0.344 e. The van der Waals surface area contributed by atoms with Crippen molar-refractivity contribution in [3.05, 3.63) is 23.3 Å². The summed E-state index contributed by atoms with van der Waals surface area (Å²) >= 11 is 0. The lowest BCUT2D eigenvalue weighted by atomic mass is 9.51. The molecule has 2 heterocycles. The van der Waals surface area contributed by atoms with Gasteiger partial charge in [-0.2, -0.15) is 0 Å². The van der Waals surface area contributed by atoms with E-state index in [4.69, 9.17) is 23.5 Å². The number of nitrogens with zero attached hydrogens (tertiary/aromatic N) is 2. The van der Waals surface area contributed by atoms with E-state index in [1.807, 2.05) is 12.1 Å². The summed E-state index contributed by atoms with van der Waals surface area (Å²) in [6.45, 7) is -2.21. The van der Waals surface area contributed by atoms with E-state index in [2.05, 4.69) is 5.16 Å². The normalized spacial score (nSPS) is 36.9. The lowest BCUT2D eigenvalue weighted by molar-refractivity contribution is -0.142. The zero-order valence-corrected chi connectivity index (χ0v) is 15.1. The maximum Gasteiger partial charge on any atom is 0.344 e. The third kappa shape index (κ3) is 2.18. The van der Waals surface area contributed by atoms with Crippen LogP contribution in [0.4, 0.5) is 0 Å². The highest BCUT2D eigenvalue weighted by molar-refractivity contribution is 5.93. The fraction of sp³-hybridized carbons (Fsp3) is 0.600. The van der Waals surface area contributed by atoms with Crippen molar-refractivity contribution in [3.63, 3.8) is 0 Å². The van der Waals surface area contributed by atoms with Gasteiger partial charge >= 0.3 is 5.97 Å². The Labute approximate surface area is 162 Å². The van der Waals surface area contributed by atoms with E-state index in [1.165, 1.54) is 0 Å². The number of likely N-dealkylation sites (tertiary alicyclic amines) is 1. The Bertz CT molecular complexity index is 934. The van der Waals surface area contributed by atoms with Crippen LogP contribution in [-0.4, -0.2) is 61.1 Å². The second-order valence-corrected chi connectivity index (χ2v) is 7.78. The van der Waals surface area contributed by atoms with E-state index >= 15 is 0 Å². The molecule has 0 aromatic heterocycles. The molecule has 7 nitrogen and oxygen atoms in total. The third-order valence-corrected chi connectivity index (χ3v) is 6.70. The number of piperidine rings is 1.